The first-order valence-electron chi connectivity index (χ1n) is 7.39. The van der Waals surface area contributed by atoms with E-state index in [4.69, 9.17) is 23.2 Å². The first kappa shape index (κ1) is 17.2. The van der Waals surface area contributed by atoms with Gasteiger partial charge in [-0.05, 0) is 25.1 Å². The van der Waals surface area contributed by atoms with Crippen LogP contribution in [0.5, 0.6) is 0 Å². The van der Waals surface area contributed by atoms with Gasteiger partial charge < -0.3 is 5.32 Å². The van der Waals surface area contributed by atoms with Gasteiger partial charge in [0.25, 0.3) is 5.91 Å². The van der Waals surface area contributed by atoms with E-state index in [-0.39, 0.29) is 5.70 Å². The molecule has 0 atom stereocenters. The maximum Gasteiger partial charge on any atom is 0.273 e. The van der Waals surface area contributed by atoms with Gasteiger partial charge in [-0.15, -0.1) is 5.10 Å². The number of benzene rings is 2. The van der Waals surface area contributed by atoms with Crippen LogP contribution in [0.3, 0.4) is 0 Å². The van der Waals surface area contributed by atoms with Crippen molar-refractivity contribution in [2.45, 2.75) is 6.92 Å². The van der Waals surface area contributed by atoms with Crippen LogP contribution >= 0.6 is 23.2 Å². The number of carbonyl (C=O) groups excluding carboxylic acids is 1. The number of halogens is 2. The van der Waals surface area contributed by atoms with E-state index in [9.17, 15) is 4.79 Å². The van der Waals surface area contributed by atoms with E-state index >= 15 is 0 Å². The maximum absolute atomic E-state index is 12.3. The van der Waals surface area contributed by atoms with Crippen LogP contribution < -0.4 is 5.32 Å². The molecule has 2 aromatic carbocycles. The summed E-state index contributed by atoms with van der Waals surface area (Å²) in [4.78, 5) is 12.3. The van der Waals surface area contributed by atoms with E-state index in [0.29, 0.717) is 21.4 Å². The predicted molar refractivity (Wildman–Crippen MR) is 101 cm³/mol. The molecule has 0 unspecified atom stereocenters. The summed E-state index contributed by atoms with van der Waals surface area (Å²) in [5, 5.41) is 11.5. The summed E-state index contributed by atoms with van der Waals surface area (Å²) in [5.41, 5.74) is 3.37. The molecule has 0 fully saturated rings. The number of hydrogen-bond acceptors (Lipinski definition) is 3. The number of aromatic nitrogens is 3. The second-order valence-corrected chi connectivity index (χ2v) is 6.26. The third-order valence-corrected chi connectivity index (χ3v) is 4.30. The van der Waals surface area contributed by atoms with Gasteiger partial charge in [0.1, 0.15) is 11.4 Å². The lowest BCUT2D eigenvalue weighted by Gasteiger charge is -2.08. The zero-order chi connectivity index (χ0) is 18.0. The van der Waals surface area contributed by atoms with Gasteiger partial charge >= 0.3 is 0 Å². The molecule has 126 valence electrons. The number of nitrogens with zero attached hydrogens (tertiary/aromatic N) is 3. The Morgan fingerprint density at radius 2 is 1.84 bits per heavy atom. The van der Waals surface area contributed by atoms with E-state index in [1.165, 1.54) is 4.68 Å². The summed E-state index contributed by atoms with van der Waals surface area (Å²) in [6.45, 7) is 5.78. The Labute approximate surface area is 154 Å². The second kappa shape index (κ2) is 7.09. The van der Waals surface area contributed by atoms with Crippen LogP contribution in [-0.2, 0) is 4.79 Å². The Morgan fingerprint density at radius 1 is 1.12 bits per heavy atom. The molecule has 0 bridgehead atoms. The van der Waals surface area contributed by atoms with Crippen molar-refractivity contribution in [3.05, 3.63) is 70.8 Å². The highest BCUT2D eigenvalue weighted by molar-refractivity contribution is 6.42. The third-order valence-electron chi connectivity index (χ3n) is 3.56. The molecule has 0 aliphatic heterocycles. The minimum atomic E-state index is -0.418. The molecular formula is C18H14Cl2N4O. The van der Waals surface area contributed by atoms with Crippen molar-refractivity contribution in [2.24, 2.45) is 0 Å². The van der Waals surface area contributed by atoms with Gasteiger partial charge in [-0.25, -0.2) is 4.68 Å². The summed E-state index contributed by atoms with van der Waals surface area (Å²) in [6, 6.07) is 12.7. The summed E-state index contributed by atoms with van der Waals surface area (Å²) in [7, 11) is 0. The standard InChI is InChI=1S/C18H14Cl2N4O/c1-11-3-5-13(6-4-11)17-10-24(23-22-17)12(2)18(25)21-14-7-8-15(19)16(20)9-14/h3-10H,2H2,1H3,(H,21,25). The summed E-state index contributed by atoms with van der Waals surface area (Å²) < 4.78 is 1.34. The number of amides is 1. The molecule has 0 spiro atoms. The minimum Gasteiger partial charge on any atom is -0.321 e. The van der Waals surface area contributed by atoms with Crippen LogP contribution in [0.25, 0.3) is 17.0 Å². The van der Waals surface area contributed by atoms with Crippen molar-refractivity contribution in [1.82, 2.24) is 15.0 Å². The fourth-order valence-electron chi connectivity index (χ4n) is 2.13. The molecule has 0 aliphatic rings. The fraction of sp³-hybridized carbons (Fsp3) is 0.0556. The molecule has 0 radical (unpaired) electrons. The van der Waals surface area contributed by atoms with Crippen LogP contribution in [0.1, 0.15) is 5.56 Å². The largest absolute Gasteiger partial charge is 0.321 e. The normalized spacial score (nSPS) is 10.5. The van der Waals surface area contributed by atoms with Gasteiger partial charge in [-0.1, -0.05) is 64.8 Å². The Morgan fingerprint density at radius 3 is 2.52 bits per heavy atom. The Bertz CT molecular complexity index is 948. The van der Waals surface area contributed by atoms with E-state index in [1.807, 2.05) is 31.2 Å². The number of rotatable bonds is 4. The zero-order valence-corrected chi connectivity index (χ0v) is 14.8. The SMILES string of the molecule is C=C(C(=O)Nc1ccc(Cl)c(Cl)c1)n1cc(-c2ccc(C)cc2)nn1. The van der Waals surface area contributed by atoms with Crippen LogP contribution in [0.15, 0.2) is 55.2 Å². The molecule has 0 aliphatic carbocycles. The Hall–Kier alpha value is -2.63. The van der Waals surface area contributed by atoms with E-state index in [2.05, 4.69) is 22.2 Å². The molecule has 1 amide bonds. The number of carbonyl (C=O) groups is 1. The molecule has 0 saturated carbocycles. The molecular weight excluding hydrogens is 359 g/mol. The number of aryl methyl sites for hydroxylation is 1. The van der Waals surface area contributed by atoms with Crippen LogP contribution in [0.2, 0.25) is 10.0 Å². The molecule has 1 N–H and O–H groups in total. The van der Waals surface area contributed by atoms with Crippen molar-refractivity contribution in [1.29, 1.82) is 0 Å². The van der Waals surface area contributed by atoms with Crippen molar-refractivity contribution in [2.75, 3.05) is 5.32 Å². The molecule has 0 saturated heterocycles. The molecule has 3 aromatic rings. The quantitative estimate of drug-likeness (QED) is 0.676. The number of nitrogens with one attached hydrogen (secondary N) is 1. The summed E-state index contributed by atoms with van der Waals surface area (Å²) >= 11 is 11.8. The molecule has 1 aromatic heterocycles. The van der Waals surface area contributed by atoms with E-state index < -0.39 is 5.91 Å². The van der Waals surface area contributed by atoms with E-state index in [1.54, 1.807) is 24.4 Å². The average Bonchev–Trinajstić information content (AvgIpc) is 3.08. The van der Waals surface area contributed by atoms with Gasteiger partial charge in [0.05, 0.1) is 16.2 Å². The van der Waals surface area contributed by atoms with Crippen LogP contribution in [-0.4, -0.2) is 20.9 Å². The highest BCUT2D eigenvalue weighted by Crippen LogP contribution is 2.25. The summed E-state index contributed by atoms with van der Waals surface area (Å²) in [5.74, 6) is -0.418. The molecule has 7 heteroatoms. The first-order valence-corrected chi connectivity index (χ1v) is 8.15. The molecule has 1 heterocycles. The van der Waals surface area contributed by atoms with Gasteiger partial charge in [0.2, 0.25) is 0 Å². The highest BCUT2D eigenvalue weighted by Gasteiger charge is 2.13. The van der Waals surface area contributed by atoms with Gasteiger partial charge in [-0.3, -0.25) is 4.79 Å². The lowest BCUT2D eigenvalue weighted by atomic mass is 10.1. The van der Waals surface area contributed by atoms with Crippen LogP contribution in [0.4, 0.5) is 5.69 Å². The molecule has 3 rings (SSSR count). The zero-order valence-electron chi connectivity index (χ0n) is 13.3. The van der Waals surface area contributed by atoms with Crippen LogP contribution in [0, 0.1) is 6.92 Å². The highest BCUT2D eigenvalue weighted by atomic mass is 35.5. The lowest BCUT2D eigenvalue weighted by molar-refractivity contribution is -0.111. The van der Waals surface area contributed by atoms with E-state index in [0.717, 1.165) is 11.1 Å². The van der Waals surface area contributed by atoms with Gasteiger partial charge in [0.15, 0.2) is 0 Å². The number of anilines is 1. The van der Waals surface area contributed by atoms with Crippen molar-refractivity contribution < 1.29 is 4.79 Å². The van der Waals surface area contributed by atoms with Crippen molar-refractivity contribution in [3.8, 4) is 11.3 Å². The summed E-state index contributed by atoms with van der Waals surface area (Å²) in [6.07, 6.45) is 1.65. The first-order chi connectivity index (χ1) is 11.9. The van der Waals surface area contributed by atoms with Crippen molar-refractivity contribution in [3.63, 3.8) is 0 Å². The maximum atomic E-state index is 12.3. The third kappa shape index (κ3) is 3.90. The van der Waals surface area contributed by atoms with Gasteiger partial charge in [-0.2, -0.15) is 0 Å². The van der Waals surface area contributed by atoms with Crippen molar-refractivity contribution >= 4 is 40.5 Å². The Kier molecular flexibility index (Phi) is 4.88. The van der Waals surface area contributed by atoms with Gasteiger partial charge in [0, 0.05) is 11.3 Å². The molecule has 25 heavy (non-hydrogen) atoms. The lowest BCUT2D eigenvalue weighted by Crippen LogP contribution is -2.17. The second-order valence-electron chi connectivity index (χ2n) is 5.44. The molecule has 5 nitrogen and oxygen atoms in total. The number of hydrogen-bond donors (Lipinski definition) is 1. The Balaban J connectivity index is 1.75. The predicted octanol–water partition coefficient (Wildman–Crippen LogP) is 4.67. The smallest absolute Gasteiger partial charge is 0.273 e. The topological polar surface area (TPSA) is 59.8 Å². The monoisotopic (exact) mass is 372 g/mol. The average molecular weight is 373 g/mol. The minimum absolute atomic E-state index is 0.136. The fourth-order valence-corrected chi connectivity index (χ4v) is 2.43.